The van der Waals surface area contributed by atoms with Crippen LogP contribution in [-0.2, 0) is 6.54 Å². The molecule has 0 aliphatic carbocycles. The number of rotatable bonds is 4. The van der Waals surface area contributed by atoms with Crippen LogP contribution in [0.15, 0.2) is 72.8 Å². The summed E-state index contributed by atoms with van der Waals surface area (Å²) < 4.78 is 26.2. The summed E-state index contributed by atoms with van der Waals surface area (Å²) in [6, 6.07) is 20.4. The van der Waals surface area contributed by atoms with Crippen molar-refractivity contribution in [1.82, 2.24) is 9.80 Å². The van der Waals surface area contributed by atoms with E-state index in [2.05, 4.69) is 5.32 Å². The number of nitrogens with one attached hydrogen (secondary N) is 1. The number of likely N-dealkylation sites (tertiary alicyclic amines) is 1. The first-order chi connectivity index (χ1) is 17.0. The Kier molecular flexibility index (Phi) is 6.03. The number of urea groups is 1. The van der Waals surface area contributed by atoms with Gasteiger partial charge in [0.1, 0.15) is 17.3 Å². The van der Waals surface area contributed by atoms with Crippen molar-refractivity contribution in [3.8, 4) is 11.5 Å². The molecule has 3 aromatic carbocycles. The summed E-state index contributed by atoms with van der Waals surface area (Å²) in [7, 11) is 1.57. The van der Waals surface area contributed by atoms with Crippen LogP contribution in [0.2, 0.25) is 0 Å². The molecule has 2 heterocycles. The Labute approximate surface area is 203 Å². The van der Waals surface area contributed by atoms with Crippen LogP contribution in [0.4, 0.5) is 14.9 Å². The van der Waals surface area contributed by atoms with Crippen LogP contribution >= 0.6 is 0 Å². The van der Waals surface area contributed by atoms with Gasteiger partial charge in [0.05, 0.1) is 19.2 Å². The lowest BCUT2D eigenvalue weighted by molar-refractivity contribution is -0.109. The maximum absolute atomic E-state index is 14.5. The van der Waals surface area contributed by atoms with Crippen molar-refractivity contribution in [2.45, 2.75) is 25.1 Å². The second kappa shape index (κ2) is 9.29. The van der Waals surface area contributed by atoms with Crippen LogP contribution in [0.5, 0.6) is 11.5 Å². The predicted molar refractivity (Wildman–Crippen MR) is 129 cm³/mol. The lowest BCUT2D eigenvalue weighted by Gasteiger charge is -2.50. The van der Waals surface area contributed by atoms with E-state index in [1.165, 1.54) is 6.07 Å². The molecule has 1 spiro atoms. The van der Waals surface area contributed by atoms with Gasteiger partial charge in [-0.3, -0.25) is 9.69 Å². The summed E-state index contributed by atoms with van der Waals surface area (Å²) in [6.07, 6.45) is 0.792. The van der Waals surface area contributed by atoms with Crippen LogP contribution in [0, 0.1) is 5.82 Å². The van der Waals surface area contributed by atoms with E-state index in [0.717, 1.165) is 0 Å². The van der Waals surface area contributed by atoms with Crippen molar-refractivity contribution in [2.75, 3.05) is 25.5 Å². The van der Waals surface area contributed by atoms with E-state index in [-0.39, 0.29) is 24.3 Å². The van der Waals surface area contributed by atoms with Crippen LogP contribution in [0.25, 0.3) is 0 Å². The molecule has 0 bridgehead atoms. The zero-order valence-electron chi connectivity index (χ0n) is 19.4. The number of methoxy groups -OCH3 is 1. The van der Waals surface area contributed by atoms with Crippen molar-refractivity contribution in [3.63, 3.8) is 0 Å². The molecular formula is C27H26FN3O4. The number of carbonyl (C=O) groups is 2. The zero-order valence-corrected chi connectivity index (χ0v) is 19.4. The highest BCUT2D eigenvalue weighted by atomic mass is 19.1. The van der Waals surface area contributed by atoms with Gasteiger partial charge in [0.15, 0.2) is 5.72 Å². The first kappa shape index (κ1) is 22.7. The number of piperidine rings is 1. The summed E-state index contributed by atoms with van der Waals surface area (Å²) >= 11 is 0. The molecule has 8 heteroatoms. The molecule has 0 radical (unpaired) electrons. The number of para-hydroxylation sites is 1. The van der Waals surface area contributed by atoms with Gasteiger partial charge in [-0.05, 0) is 30.3 Å². The Morgan fingerprint density at radius 1 is 1.06 bits per heavy atom. The molecule has 3 amide bonds. The first-order valence-electron chi connectivity index (χ1n) is 11.5. The third-order valence-electron chi connectivity index (χ3n) is 6.59. The molecule has 2 aliphatic rings. The number of hydrogen-bond acceptors (Lipinski definition) is 4. The monoisotopic (exact) mass is 475 g/mol. The zero-order chi connectivity index (χ0) is 24.4. The molecule has 35 heavy (non-hydrogen) atoms. The molecule has 1 saturated heterocycles. The van der Waals surface area contributed by atoms with Gasteiger partial charge in [-0.2, -0.15) is 0 Å². The molecule has 0 aromatic heterocycles. The highest BCUT2D eigenvalue weighted by molar-refractivity contribution is 5.98. The number of fused-ring (bicyclic) bond motifs is 1. The van der Waals surface area contributed by atoms with Crippen LogP contribution in [-0.4, -0.2) is 47.7 Å². The van der Waals surface area contributed by atoms with E-state index < -0.39 is 5.72 Å². The number of hydrogen-bond donors (Lipinski definition) is 1. The third-order valence-corrected chi connectivity index (χ3v) is 6.59. The highest BCUT2D eigenvalue weighted by Gasteiger charge is 2.49. The number of halogens is 1. The Bertz CT molecular complexity index is 1260. The molecule has 0 saturated carbocycles. The van der Waals surface area contributed by atoms with Crippen molar-refractivity contribution in [3.05, 3.63) is 89.7 Å². The van der Waals surface area contributed by atoms with Gasteiger partial charge in [0.25, 0.3) is 5.91 Å². The number of ether oxygens (including phenoxy) is 2. The molecule has 7 nitrogen and oxygen atoms in total. The molecule has 5 rings (SSSR count). The van der Waals surface area contributed by atoms with Gasteiger partial charge < -0.3 is 19.7 Å². The second-order valence-corrected chi connectivity index (χ2v) is 8.68. The van der Waals surface area contributed by atoms with Gasteiger partial charge in [-0.25, -0.2) is 9.18 Å². The Morgan fingerprint density at radius 3 is 2.57 bits per heavy atom. The quantitative estimate of drug-likeness (QED) is 0.583. The van der Waals surface area contributed by atoms with Gasteiger partial charge in [-0.1, -0.05) is 36.4 Å². The number of nitrogens with zero attached hydrogens (tertiary/aromatic N) is 2. The molecule has 0 unspecified atom stereocenters. The molecular weight excluding hydrogens is 449 g/mol. The summed E-state index contributed by atoms with van der Waals surface area (Å²) in [5.74, 6) is 0.585. The fraction of sp³-hybridized carbons (Fsp3) is 0.259. The fourth-order valence-electron chi connectivity index (χ4n) is 4.67. The van der Waals surface area contributed by atoms with Crippen molar-refractivity contribution in [1.29, 1.82) is 0 Å². The van der Waals surface area contributed by atoms with E-state index in [0.29, 0.717) is 54.2 Å². The largest absolute Gasteiger partial charge is 0.497 e. The highest BCUT2D eigenvalue weighted by Crippen LogP contribution is 2.40. The van der Waals surface area contributed by atoms with Gasteiger partial charge in [0.2, 0.25) is 0 Å². The van der Waals surface area contributed by atoms with Gasteiger partial charge in [0, 0.05) is 43.2 Å². The maximum Gasteiger partial charge on any atom is 0.321 e. The minimum Gasteiger partial charge on any atom is -0.497 e. The number of amides is 3. The smallest absolute Gasteiger partial charge is 0.321 e. The number of carbonyl (C=O) groups excluding carboxylic acids is 2. The minimum atomic E-state index is -0.972. The summed E-state index contributed by atoms with van der Waals surface area (Å²) in [5.41, 5.74) is 0.531. The van der Waals surface area contributed by atoms with Gasteiger partial charge in [-0.15, -0.1) is 0 Å². The number of benzene rings is 3. The fourth-order valence-corrected chi connectivity index (χ4v) is 4.67. The van der Waals surface area contributed by atoms with Gasteiger partial charge >= 0.3 is 6.03 Å². The lowest BCUT2D eigenvalue weighted by Crippen LogP contribution is -2.63. The van der Waals surface area contributed by atoms with Crippen molar-refractivity contribution in [2.24, 2.45) is 0 Å². The SMILES string of the molecule is COc1cccc(NC(=O)N2CCC3(CC2)Oc2ccccc2C(=O)N3Cc2ccccc2F)c1. The molecule has 1 N–H and O–H groups in total. The predicted octanol–water partition coefficient (Wildman–Crippen LogP) is 4.89. The summed E-state index contributed by atoms with van der Waals surface area (Å²) in [6.45, 7) is 0.827. The maximum atomic E-state index is 14.5. The van der Waals surface area contributed by atoms with E-state index in [1.807, 2.05) is 6.07 Å². The molecule has 0 atom stereocenters. The van der Waals surface area contributed by atoms with Crippen LogP contribution in [0.3, 0.4) is 0 Å². The number of anilines is 1. The first-order valence-corrected chi connectivity index (χ1v) is 11.5. The molecule has 3 aromatic rings. The average molecular weight is 476 g/mol. The van der Waals surface area contributed by atoms with Crippen LogP contribution in [0.1, 0.15) is 28.8 Å². The Balaban J connectivity index is 1.37. The van der Waals surface area contributed by atoms with Crippen molar-refractivity contribution < 1.29 is 23.5 Å². The van der Waals surface area contributed by atoms with E-state index in [9.17, 15) is 14.0 Å². The topological polar surface area (TPSA) is 71.1 Å². The molecule has 180 valence electrons. The van der Waals surface area contributed by atoms with Crippen molar-refractivity contribution >= 4 is 17.6 Å². The van der Waals surface area contributed by atoms with E-state index in [4.69, 9.17) is 9.47 Å². The second-order valence-electron chi connectivity index (χ2n) is 8.68. The standard InChI is InChI=1S/C27H26FN3O4/c1-34-21-9-6-8-20(17-21)29-26(33)30-15-13-27(14-16-30)31(18-19-7-2-4-11-23(19)28)25(32)22-10-3-5-12-24(22)35-27/h2-12,17H,13-16,18H2,1H3,(H,29,33). The summed E-state index contributed by atoms with van der Waals surface area (Å²) in [4.78, 5) is 29.8. The lowest BCUT2D eigenvalue weighted by atomic mass is 9.93. The normalized spacial score (nSPS) is 16.5. The molecule has 1 fully saturated rings. The Morgan fingerprint density at radius 2 is 1.80 bits per heavy atom. The Hall–Kier alpha value is -4.07. The summed E-state index contributed by atoms with van der Waals surface area (Å²) in [5, 5.41) is 2.90. The van der Waals surface area contributed by atoms with E-state index >= 15 is 0 Å². The van der Waals surface area contributed by atoms with E-state index in [1.54, 1.807) is 77.6 Å². The molecule has 2 aliphatic heterocycles. The average Bonchev–Trinajstić information content (AvgIpc) is 2.88. The minimum absolute atomic E-state index is 0.0792. The third kappa shape index (κ3) is 4.39. The van der Waals surface area contributed by atoms with Crippen LogP contribution < -0.4 is 14.8 Å².